The summed E-state index contributed by atoms with van der Waals surface area (Å²) in [6, 6.07) is 1.95. The Labute approximate surface area is 123 Å². The Balaban J connectivity index is 1.80. The lowest BCUT2D eigenvalue weighted by Crippen LogP contribution is -2.42. The Bertz CT molecular complexity index is 453. The Hall–Kier alpha value is -0.300. The number of thioether (sulfide) groups is 1. The second-order valence-electron chi connectivity index (χ2n) is 4.26. The van der Waals surface area contributed by atoms with Gasteiger partial charge in [0.05, 0.1) is 9.39 Å². The second kappa shape index (κ2) is 6.23. The van der Waals surface area contributed by atoms with Crippen molar-refractivity contribution in [3.8, 4) is 0 Å². The molecule has 0 spiro atoms. The molecule has 1 aromatic heterocycles. The summed E-state index contributed by atoms with van der Waals surface area (Å²) in [5.74, 6) is 1.50. The third-order valence-corrected chi connectivity index (χ3v) is 5.45. The zero-order valence-corrected chi connectivity index (χ0v) is 12.9. The molecule has 3 nitrogen and oxygen atoms in total. The van der Waals surface area contributed by atoms with Crippen molar-refractivity contribution in [3.63, 3.8) is 0 Å². The van der Waals surface area contributed by atoms with Crippen molar-refractivity contribution in [3.05, 3.63) is 26.9 Å². The quantitative estimate of drug-likeness (QED) is 0.822. The van der Waals surface area contributed by atoms with E-state index < -0.39 is 5.60 Å². The number of thiophene rings is 1. The average molecular weight is 348 g/mol. The molecule has 0 radical (unpaired) electrons. The van der Waals surface area contributed by atoms with Gasteiger partial charge in [-0.15, -0.1) is 11.3 Å². The molecule has 1 atom stereocenters. The van der Waals surface area contributed by atoms with Crippen LogP contribution in [0.15, 0.2) is 21.3 Å². The van der Waals surface area contributed by atoms with Gasteiger partial charge in [-0.25, -0.2) is 0 Å². The molecule has 1 aromatic rings. The van der Waals surface area contributed by atoms with Gasteiger partial charge in [0.25, 0.3) is 0 Å². The zero-order valence-electron chi connectivity index (χ0n) is 9.69. The van der Waals surface area contributed by atoms with E-state index in [2.05, 4.69) is 21.2 Å². The van der Waals surface area contributed by atoms with Crippen LogP contribution in [0.3, 0.4) is 0 Å². The Morgan fingerprint density at radius 2 is 2.50 bits per heavy atom. The van der Waals surface area contributed by atoms with E-state index in [-0.39, 0.29) is 5.91 Å². The van der Waals surface area contributed by atoms with Crippen LogP contribution < -0.4 is 5.32 Å². The van der Waals surface area contributed by atoms with Crippen LogP contribution >= 0.6 is 39.0 Å². The van der Waals surface area contributed by atoms with Crippen LogP contribution in [0.1, 0.15) is 12.0 Å². The van der Waals surface area contributed by atoms with Crippen molar-refractivity contribution >= 4 is 51.0 Å². The lowest BCUT2D eigenvalue weighted by Gasteiger charge is -2.20. The number of aliphatic hydroxyl groups is 1. The summed E-state index contributed by atoms with van der Waals surface area (Å²) >= 11 is 6.67. The standard InChI is InChI=1S/C12H14BrNO2S2/c13-10-5-9(6-18-10)1-2-11(15)14-7-12(16)3-4-17-8-12/h1-2,5-6,16H,3-4,7-8H2,(H,14,15). The summed E-state index contributed by atoms with van der Waals surface area (Å²) in [6.07, 6.45) is 4.02. The van der Waals surface area contributed by atoms with Crippen molar-refractivity contribution in [1.82, 2.24) is 5.32 Å². The molecule has 1 amide bonds. The van der Waals surface area contributed by atoms with Crippen LogP contribution in [0.5, 0.6) is 0 Å². The molecule has 0 saturated carbocycles. The first-order valence-corrected chi connectivity index (χ1v) is 8.40. The van der Waals surface area contributed by atoms with Gasteiger partial charge in [0.2, 0.25) is 5.91 Å². The minimum atomic E-state index is -0.723. The van der Waals surface area contributed by atoms with Crippen LogP contribution in [0.2, 0.25) is 0 Å². The summed E-state index contributed by atoms with van der Waals surface area (Å²) in [6.45, 7) is 0.330. The second-order valence-corrected chi connectivity index (χ2v) is 7.66. The van der Waals surface area contributed by atoms with E-state index in [0.717, 1.165) is 21.5 Å². The predicted molar refractivity (Wildman–Crippen MR) is 81.0 cm³/mol. The number of rotatable bonds is 4. The number of hydrogen-bond acceptors (Lipinski definition) is 4. The van der Waals surface area contributed by atoms with Crippen molar-refractivity contribution in [2.75, 3.05) is 18.1 Å². The molecule has 0 aromatic carbocycles. The van der Waals surface area contributed by atoms with Crippen LogP contribution in [0, 0.1) is 0 Å². The molecule has 1 aliphatic heterocycles. The highest BCUT2D eigenvalue weighted by molar-refractivity contribution is 9.11. The van der Waals surface area contributed by atoms with E-state index in [1.165, 1.54) is 6.08 Å². The van der Waals surface area contributed by atoms with Gasteiger partial charge in [-0.2, -0.15) is 11.8 Å². The fourth-order valence-corrected chi connectivity index (χ4v) is 4.07. The lowest BCUT2D eigenvalue weighted by molar-refractivity contribution is -0.117. The van der Waals surface area contributed by atoms with E-state index in [9.17, 15) is 9.90 Å². The average Bonchev–Trinajstić information content (AvgIpc) is 2.94. The molecule has 1 unspecified atom stereocenters. The fraction of sp³-hybridized carbons (Fsp3) is 0.417. The molecule has 18 heavy (non-hydrogen) atoms. The van der Waals surface area contributed by atoms with E-state index in [1.54, 1.807) is 29.2 Å². The summed E-state index contributed by atoms with van der Waals surface area (Å²) in [5, 5.41) is 14.8. The Morgan fingerprint density at radius 1 is 1.67 bits per heavy atom. The summed E-state index contributed by atoms with van der Waals surface area (Å²) in [5.41, 5.74) is 0.275. The minimum absolute atomic E-state index is 0.164. The molecule has 1 saturated heterocycles. The first kappa shape index (κ1) is 14.1. The van der Waals surface area contributed by atoms with Crippen molar-refractivity contribution in [2.45, 2.75) is 12.0 Å². The number of nitrogens with one attached hydrogen (secondary N) is 1. The number of hydrogen-bond donors (Lipinski definition) is 2. The summed E-state index contributed by atoms with van der Waals surface area (Å²) in [7, 11) is 0. The monoisotopic (exact) mass is 347 g/mol. The largest absolute Gasteiger partial charge is 0.387 e. The van der Waals surface area contributed by atoms with Crippen molar-refractivity contribution < 1.29 is 9.90 Å². The molecule has 1 fully saturated rings. The smallest absolute Gasteiger partial charge is 0.244 e. The Morgan fingerprint density at radius 3 is 3.11 bits per heavy atom. The molecule has 2 N–H and O–H groups in total. The van der Waals surface area contributed by atoms with Gasteiger partial charge in [-0.1, -0.05) is 0 Å². The maximum absolute atomic E-state index is 11.6. The minimum Gasteiger partial charge on any atom is -0.387 e. The number of carbonyl (C=O) groups is 1. The third-order valence-electron chi connectivity index (χ3n) is 2.69. The van der Waals surface area contributed by atoms with E-state index in [0.29, 0.717) is 12.3 Å². The molecule has 0 bridgehead atoms. The van der Waals surface area contributed by atoms with E-state index in [4.69, 9.17) is 0 Å². The molecule has 6 heteroatoms. The van der Waals surface area contributed by atoms with Crippen molar-refractivity contribution in [1.29, 1.82) is 0 Å². The first-order valence-electron chi connectivity index (χ1n) is 5.57. The van der Waals surface area contributed by atoms with Gasteiger partial charge in [0.1, 0.15) is 0 Å². The summed E-state index contributed by atoms with van der Waals surface area (Å²) in [4.78, 5) is 11.6. The van der Waals surface area contributed by atoms with Crippen LogP contribution in [-0.2, 0) is 4.79 Å². The number of amides is 1. The molecule has 2 heterocycles. The highest BCUT2D eigenvalue weighted by Gasteiger charge is 2.31. The SMILES string of the molecule is O=C(C=Cc1csc(Br)c1)NCC1(O)CCSC1. The predicted octanol–water partition coefficient (Wildman–Crippen LogP) is 2.51. The van der Waals surface area contributed by atoms with Crippen LogP contribution in [-0.4, -0.2) is 34.7 Å². The molecular formula is C12H14BrNO2S2. The van der Waals surface area contributed by atoms with E-state index >= 15 is 0 Å². The molecule has 98 valence electrons. The van der Waals surface area contributed by atoms with Crippen molar-refractivity contribution in [2.24, 2.45) is 0 Å². The van der Waals surface area contributed by atoms with Gasteiger partial charge in [0.15, 0.2) is 0 Å². The maximum atomic E-state index is 11.6. The van der Waals surface area contributed by atoms with Gasteiger partial charge >= 0.3 is 0 Å². The molecule has 1 aliphatic rings. The normalized spacial score (nSPS) is 23.7. The molecule has 0 aliphatic carbocycles. The number of carbonyl (C=O) groups excluding carboxylic acids is 1. The molecular weight excluding hydrogens is 334 g/mol. The van der Waals surface area contributed by atoms with Gasteiger partial charge in [-0.3, -0.25) is 4.79 Å². The van der Waals surface area contributed by atoms with Gasteiger partial charge < -0.3 is 10.4 Å². The van der Waals surface area contributed by atoms with E-state index in [1.807, 2.05) is 11.4 Å². The zero-order chi connectivity index (χ0) is 13.0. The van der Waals surface area contributed by atoms with Crippen LogP contribution in [0.25, 0.3) is 6.08 Å². The highest BCUT2D eigenvalue weighted by atomic mass is 79.9. The van der Waals surface area contributed by atoms with Gasteiger partial charge in [-0.05, 0) is 51.2 Å². The maximum Gasteiger partial charge on any atom is 0.244 e. The number of halogens is 1. The Kier molecular flexibility index (Phi) is 4.89. The lowest BCUT2D eigenvalue weighted by atomic mass is 10.0. The van der Waals surface area contributed by atoms with Gasteiger partial charge in [0, 0.05) is 18.4 Å². The summed E-state index contributed by atoms with van der Waals surface area (Å²) < 4.78 is 1.04. The molecule has 2 rings (SSSR count). The fourth-order valence-electron chi connectivity index (χ4n) is 1.63. The topological polar surface area (TPSA) is 49.3 Å². The third kappa shape index (κ3) is 4.12. The van der Waals surface area contributed by atoms with Crippen LogP contribution in [0.4, 0.5) is 0 Å². The first-order chi connectivity index (χ1) is 8.57. The highest BCUT2D eigenvalue weighted by Crippen LogP contribution is 2.27.